The normalized spacial score (nSPS) is 10.4. The first kappa shape index (κ1) is 9.48. The van der Waals surface area contributed by atoms with Crippen molar-refractivity contribution < 1.29 is 0 Å². The molecule has 14 heavy (non-hydrogen) atoms. The number of nitrogens with two attached hydrogens (primary N) is 1. The lowest BCUT2D eigenvalue weighted by atomic mass is 10.3. The molecule has 2 rings (SSSR count). The summed E-state index contributed by atoms with van der Waals surface area (Å²) in [6, 6.07) is 7.74. The molecule has 0 fully saturated rings. The number of aryl methyl sites for hydroxylation is 1. The molecule has 0 unspecified atom stereocenters. The molecule has 0 atom stereocenters. The molecule has 0 aliphatic carbocycles. The van der Waals surface area contributed by atoms with Crippen LogP contribution in [0.3, 0.4) is 0 Å². The zero-order valence-electron chi connectivity index (χ0n) is 7.60. The van der Waals surface area contributed by atoms with Gasteiger partial charge in [-0.3, -0.25) is 0 Å². The Balaban J connectivity index is 2.15. The minimum absolute atomic E-state index is 0.780. The first-order chi connectivity index (χ1) is 6.74. The number of hydrogen-bond acceptors (Lipinski definition) is 5. The maximum atomic E-state index is 5.59. The van der Waals surface area contributed by atoms with Crippen LogP contribution >= 0.6 is 23.1 Å². The third-order valence-electron chi connectivity index (χ3n) is 1.59. The lowest BCUT2D eigenvalue weighted by Gasteiger charge is -1.96. The Labute approximate surface area is 90.4 Å². The number of hydrogen-bond donors (Lipinski definition) is 1. The van der Waals surface area contributed by atoms with Crippen molar-refractivity contribution >= 4 is 28.8 Å². The van der Waals surface area contributed by atoms with Crippen molar-refractivity contribution in [2.45, 2.75) is 16.2 Å². The molecule has 0 radical (unpaired) electrons. The Kier molecular flexibility index (Phi) is 2.69. The fourth-order valence-electron chi connectivity index (χ4n) is 0.956. The lowest BCUT2D eigenvalue weighted by molar-refractivity contribution is 0.984. The van der Waals surface area contributed by atoms with Gasteiger partial charge >= 0.3 is 0 Å². The van der Waals surface area contributed by atoms with Gasteiger partial charge in [0.1, 0.15) is 5.01 Å². The number of aromatic nitrogens is 2. The maximum Gasteiger partial charge on any atom is 0.179 e. The molecule has 1 aromatic carbocycles. The Morgan fingerprint density at radius 1 is 1.21 bits per heavy atom. The van der Waals surface area contributed by atoms with Gasteiger partial charge in [0.2, 0.25) is 0 Å². The smallest absolute Gasteiger partial charge is 0.179 e. The highest BCUT2D eigenvalue weighted by Gasteiger charge is 2.02. The van der Waals surface area contributed by atoms with E-state index in [1.165, 1.54) is 0 Å². The number of nitrogen functional groups attached to an aromatic ring is 1. The summed E-state index contributed by atoms with van der Waals surface area (Å²) in [7, 11) is 0. The fraction of sp³-hybridized carbons (Fsp3) is 0.111. The summed E-state index contributed by atoms with van der Waals surface area (Å²) in [6.07, 6.45) is 0. The van der Waals surface area contributed by atoms with Crippen molar-refractivity contribution in [2.24, 2.45) is 0 Å². The molecule has 72 valence electrons. The minimum atomic E-state index is 0.780. The van der Waals surface area contributed by atoms with Crippen molar-refractivity contribution in [2.75, 3.05) is 5.73 Å². The fourth-order valence-corrected chi connectivity index (χ4v) is 2.74. The van der Waals surface area contributed by atoms with Crippen LogP contribution in [0.2, 0.25) is 0 Å². The Morgan fingerprint density at radius 3 is 2.50 bits per heavy atom. The van der Waals surface area contributed by atoms with E-state index in [9.17, 15) is 0 Å². The quantitative estimate of drug-likeness (QED) is 0.795. The summed E-state index contributed by atoms with van der Waals surface area (Å²) < 4.78 is 0.965. The van der Waals surface area contributed by atoms with Crippen LogP contribution in [-0.4, -0.2) is 10.2 Å². The van der Waals surface area contributed by atoms with E-state index in [1.54, 1.807) is 23.1 Å². The van der Waals surface area contributed by atoms with E-state index in [4.69, 9.17) is 5.73 Å². The summed E-state index contributed by atoms with van der Waals surface area (Å²) in [6.45, 7) is 1.95. The van der Waals surface area contributed by atoms with Crippen LogP contribution in [0.5, 0.6) is 0 Å². The molecule has 0 bridgehead atoms. The summed E-state index contributed by atoms with van der Waals surface area (Å²) in [5.74, 6) is 0. The molecule has 1 aromatic heterocycles. The summed E-state index contributed by atoms with van der Waals surface area (Å²) in [5, 5.41) is 8.98. The van der Waals surface area contributed by atoms with Crippen molar-refractivity contribution in [3.05, 3.63) is 29.3 Å². The van der Waals surface area contributed by atoms with Gasteiger partial charge in [0.15, 0.2) is 4.34 Å². The Morgan fingerprint density at radius 2 is 1.93 bits per heavy atom. The van der Waals surface area contributed by atoms with E-state index >= 15 is 0 Å². The molecule has 0 aliphatic heterocycles. The van der Waals surface area contributed by atoms with Crippen LogP contribution in [0.15, 0.2) is 33.5 Å². The maximum absolute atomic E-state index is 5.59. The molecule has 5 heteroatoms. The zero-order chi connectivity index (χ0) is 9.97. The average Bonchev–Trinajstić information content (AvgIpc) is 2.56. The van der Waals surface area contributed by atoms with Gasteiger partial charge in [0, 0.05) is 10.6 Å². The third kappa shape index (κ3) is 2.24. The highest BCUT2D eigenvalue weighted by Crippen LogP contribution is 2.29. The SMILES string of the molecule is Cc1nnc(Sc2ccc(N)cc2)s1. The second kappa shape index (κ2) is 3.98. The molecule has 0 aliphatic rings. The average molecular weight is 223 g/mol. The van der Waals surface area contributed by atoms with Gasteiger partial charge in [-0.1, -0.05) is 23.1 Å². The van der Waals surface area contributed by atoms with Crippen LogP contribution < -0.4 is 5.73 Å². The third-order valence-corrected chi connectivity index (χ3v) is 3.49. The number of nitrogens with zero attached hydrogens (tertiary/aromatic N) is 2. The molecular weight excluding hydrogens is 214 g/mol. The van der Waals surface area contributed by atoms with Crippen LogP contribution in [0.25, 0.3) is 0 Å². The molecule has 2 N–H and O–H groups in total. The lowest BCUT2D eigenvalue weighted by Crippen LogP contribution is -1.82. The summed E-state index contributed by atoms with van der Waals surface area (Å²) >= 11 is 3.20. The van der Waals surface area contributed by atoms with Crippen molar-refractivity contribution in [3.63, 3.8) is 0 Å². The highest BCUT2D eigenvalue weighted by atomic mass is 32.2. The predicted octanol–water partition coefficient (Wildman–Crippen LogP) is 2.58. The molecule has 0 amide bonds. The largest absolute Gasteiger partial charge is 0.399 e. The monoisotopic (exact) mass is 223 g/mol. The van der Waals surface area contributed by atoms with E-state index in [0.717, 1.165) is 19.9 Å². The van der Waals surface area contributed by atoms with Gasteiger partial charge in [0.05, 0.1) is 0 Å². The van der Waals surface area contributed by atoms with E-state index < -0.39 is 0 Å². The first-order valence-corrected chi connectivity index (χ1v) is 5.71. The van der Waals surface area contributed by atoms with Crippen LogP contribution in [-0.2, 0) is 0 Å². The van der Waals surface area contributed by atoms with Gasteiger partial charge in [-0.2, -0.15) is 0 Å². The van der Waals surface area contributed by atoms with E-state index in [2.05, 4.69) is 10.2 Å². The van der Waals surface area contributed by atoms with Crippen LogP contribution in [0.1, 0.15) is 5.01 Å². The molecule has 1 heterocycles. The van der Waals surface area contributed by atoms with E-state index in [-0.39, 0.29) is 0 Å². The van der Waals surface area contributed by atoms with Gasteiger partial charge in [0.25, 0.3) is 0 Å². The van der Waals surface area contributed by atoms with Gasteiger partial charge < -0.3 is 5.73 Å². The number of rotatable bonds is 2. The van der Waals surface area contributed by atoms with Crippen molar-refractivity contribution in [1.82, 2.24) is 10.2 Å². The second-order valence-corrected chi connectivity index (χ2v) is 5.26. The second-order valence-electron chi connectivity index (χ2n) is 2.76. The zero-order valence-corrected chi connectivity index (χ0v) is 9.23. The molecule has 0 saturated heterocycles. The Hall–Kier alpha value is -1.07. The summed E-state index contributed by atoms with van der Waals surface area (Å²) in [5.41, 5.74) is 6.37. The number of anilines is 1. The van der Waals surface area contributed by atoms with Crippen molar-refractivity contribution in [3.8, 4) is 0 Å². The van der Waals surface area contributed by atoms with E-state index in [0.29, 0.717) is 0 Å². The van der Waals surface area contributed by atoms with E-state index in [1.807, 2.05) is 31.2 Å². The van der Waals surface area contributed by atoms with Crippen LogP contribution in [0.4, 0.5) is 5.69 Å². The van der Waals surface area contributed by atoms with Gasteiger partial charge in [-0.15, -0.1) is 10.2 Å². The van der Waals surface area contributed by atoms with Crippen molar-refractivity contribution in [1.29, 1.82) is 0 Å². The minimum Gasteiger partial charge on any atom is -0.399 e. The first-order valence-electron chi connectivity index (χ1n) is 4.07. The van der Waals surface area contributed by atoms with Gasteiger partial charge in [-0.05, 0) is 31.2 Å². The predicted molar refractivity (Wildman–Crippen MR) is 59.6 cm³/mol. The molecule has 3 nitrogen and oxygen atoms in total. The highest BCUT2D eigenvalue weighted by molar-refractivity contribution is 8.01. The Bertz CT molecular complexity index is 422. The topological polar surface area (TPSA) is 51.8 Å². The molecule has 0 spiro atoms. The van der Waals surface area contributed by atoms with Crippen LogP contribution in [0, 0.1) is 6.92 Å². The standard InChI is InChI=1S/C9H9N3S2/c1-6-11-12-9(13-6)14-8-4-2-7(10)3-5-8/h2-5H,10H2,1H3. The molecule has 2 aromatic rings. The van der Waals surface area contributed by atoms with Gasteiger partial charge in [-0.25, -0.2) is 0 Å². The summed E-state index contributed by atoms with van der Waals surface area (Å²) in [4.78, 5) is 1.13. The molecule has 0 saturated carbocycles. The molecular formula is C9H9N3S2. The number of benzene rings is 1.